The monoisotopic (exact) mass is 428 g/mol. The zero-order valence-electron chi connectivity index (χ0n) is 14.4. The third-order valence-corrected chi connectivity index (χ3v) is 5.13. The highest BCUT2D eigenvalue weighted by atomic mass is 127. The van der Waals surface area contributed by atoms with Crippen molar-refractivity contribution in [1.29, 1.82) is 0 Å². The summed E-state index contributed by atoms with van der Waals surface area (Å²) >= 11 is 1.86. The molecule has 0 aliphatic heterocycles. The van der Waals surface area contributed by atoms with E-state index in [1.165, 1.54) is 12.8 Å². The number of aliphatic imine (C=N–C) groups is 1. The SMILES string of the molecule is CCNC(=NCC(C)(C)SC)NCC(C)N(C)C1CC1.I. The molecule has 1 aliphatic carbocycles. The number of likely N-dealkylation sites (N-methyl/N-ethyl adjacent to an activating group) is 1. The molecule has 0 bridgehead atoms. The average molecular weight is 428 g/mol. The second-order valence-electron chi connectivity index (χ2n) is 6.29. The quantitative estimate of drug-likeness (QED) is 0.354. The van der Waals surface area contributed by atoms with Gasteiger partial charge in [-0.25, -0.2) is 0 Å². The number of thioether (sulfide) groups is 1. The lowest BCUT2D eigenvalue weighted by molar-refractivity contribution is 0.247. The van der Waals surface area contributed by atoms with Crippen LogP contribution in [0.2, 0.25) is 0 Å². The van der Waals surface area contributed by atoms with Gasteiger partial charge in [0.2, 0.25) is 0 Å². The fourth-order valence-electron chi connectivity index (χ4n) is 1.91. The molecule has 0 aromatic rings. The van der Waals surface area contributed by atoms with Crippen molar-refractivity contribution < 1.29 is 0 Å². The zero-order chi connectivity index (χ0) is 15.2. The Bertz CT molecular complexity index is 319. The summed E-state index contributed by atoms with van der Waals surface area (Å²) in [4.78, 5) is 7.18. The summed E-state index contributed by atoms with van der Waals surface area (Å²) in [7, 11) is 2.23. The first-order chi connectivity index (χ1) is 9.39. The topological polar surface area (TPSA) is 39.7 Å². The Labute approximate surface area is 152 Å². The summed E-state index contributed by atoms with van der Waals surface area (Å²) in [5.74, 6) is 0.936. The number of halogens is 1. The van der Waals surface area contributed by atoms with Gasteiger partial charge in [0.25, 0.3) is 0 Å². The van der Waals surface area contributed by atoms with Crippen molar-refractivity contribution in [2.24, 2.45) is 4.99 Å². The molecule has 21 heavy (non-hydrogen) atoms. The minimum Gasteiger partial charge on any atom is -0.357 e. The van der Waals surface area contributed by atoms with E-state index in [2.05, 4.69) is 56.5 Å². The van der Waals surface area contributed by atoms with Crippen LogP contribution in [-0.4, -0.2) is 60.6 Å². The van der Waals surface area contributed by atoms with E-state index in [9.17, 15) is 0 Å². The molecule has 0 saturated heterocycles. The van der Waals surface area contributed by atoms with Gasteiger partial charge in [0.15, 0.2) is 5.96 Å². The van der Waals surface area contributed by atoms with Crippen LogP contribution in [0.25, 0.3) is 0 Å². The van der Waals surface area contributed by atoms with E-state index < -0.39 is 0 Å². The lowest BCUT2D eigenvalue weighted by Crippen LogP contribution is -2.45. The van der Waals surface area contributed by atoms with Crippen molar-refractivity contribution in [1.82, 2.24) is 15.5 Å². The van der Waals surface area contributed by atoms with E-state index in [0.29, 0.717) is 6.04 Å². The molecule has 126 valence electrons. The van der Waals surface area contributed by atoms with E-state index in [1.54, 1.807) is 0 Å². The smallest absolute Gasteiger partial charge is 0.191 e. The summed E-state index contributed by atoms with van der Waals surface area (Å²) < 4.78 is 0.193. The van der Waals surface area contributed by atoms with Crippen molar-refractivity contribution in [3.05, 3.63) is 0 Å². The largest absolute Gasteiger partial charge is 0.357 e. The Morgan fingerprint density at radius 3 is 2.48 bits per heavy atom. The number of hydrogen-bond acceptors (Lipinski definition) is 3. The third-order valence-electron chi connectivity index (χ3n) is 3.90. The van der Waals surface area contributed by atoms with Crippen LogP contribution in [0, 0.1) is 0 Å². The van der Waals surface area contributed by atoms with Gasteiger partial charge in [-0.1, -0.05) is 0 Å². The molecule has 0 heterocycles. The molecule has 0 amide bonds. The fraction of sp³-hybridized carbons (Fsp3) is 0.933. The number of nitrogens with zero attached hydrogens (tertiary/aromatic N) is 2. The van der Waals surface area contributed by atoms with E-state index in [-0.39, 0.29) is 28.7 Å². The molecular formula is C15H33IN4S. The molecule has 4 nitrogen and oxygen atoms in total. The maximum Gasteiger partial charge on any atom is 0.191 e. The Kier molecular flexibility index (Phi) is 10.3. The van der Waals surface area contributed by atoms with Crippen LogP contribution in [0.5, 0.6) is 0 Å². The molecular weight excluding hydrogens is 395 g/mol. The summed E-state index contributed by atoms with van der Waals surface area (Å²) in [5, 5.41) is 6.80. The number of guanidine groups is 1. The van der Waals surface area contributed by atoms with Gasteiger partial charge in [0, 0.05) is 29.9 Å². The van der Waals surface area contributed by atoms with Crippen molar-refractivity contribution in [2.45, 2.75) is 57.4 Å². The van der Waals surface area contributed by atoms with Crippen LogP contribution in [0.1, 0.15) is 40.5 Å². The predicted octanol–water partition coefficient (Wildman–Crippen LogP) is 2.78. The highest BCUT2D eigenvalue weighted by Gasteiger charge is 2.29. The molecule has 1 unspecified atom stereocenters. The van der Waals surface area contributed by atoms with Gasteiger partial charge in [-0.05, 0) is 53.8 Å². The minimum absolute atomic E-state index is 0. The molecule has 1 atom stereocenters. The summed E-state index contributed by atoms with van der Waals surface area (Å²) in [6.45, 7) is 11.5. The molecule has 1 aliphatic rings. The molecule has 1 fully saturated rings. The Hall–Kier alpha value is 0.310. The maximum atomic E-state index is 4.70. The summed E-state index contributed by atoms with van der Waals surface area (Å²) in [6, 6.07) is 1.35. The van der Waals surface area contributed by atoms with E-state index in [1.807, 2.05) is 11.8 Å². The standard InChI is InChI=1S/C15H32N4S.HI/c1-7-16-14(18-11-15(3,4)20-6)17-10-12(2)19(5)13-8-9-13;/h12-13H,7-11H2,1-6H3,(H2,16,17,18);1H. The first kappa shape index (κ1) is 21.3. The van der Waals surface area contributed by atoms with Gasteiger partial charge in [0.05, 0.1) is 6.54 Å². The van der Waals surface area contributed by atoms with Crippen LogP contribution in [-0.2, 0) is 0 Å². The Morgan fingerprint density at radius 1 is 1.38 bits per heavy atom. The third kappa shape index (κ3) is 8.50. The van der Waals surface area contributed by atoms with Gasteiger partial charge in [-0.15, -0.1) is 24.0 Å². The number of rotatable bonds is 8. The molecule has 6 heteroatoms. The predicted molar refractivity (Wildman–Crippen MR) is 107 cm³/mol. The summed E-state index contributed by atoms with van der Waals surface area (Å²) in [5.41, 5.74) is 0. The van der Waals surface area contributed by atoms with Crippen LogP contribution in [0.15, 0.2) is 4.99 Å². The molecule has 0 aromatic heterocycles. The van der Waals surface area contributed by atoms with Crippen LogP contribution < -0.4 is 10.6 Å². The Balaban J connectivity index is 0.00000400. The molecule has 2 N–H and O–H groups in total. The zero-order valence-corrected chi connectivity index (χ0v) is 17.5. The number of nitrogens with one attached hydrogen (secondary N) is 2. The van der Waals surface area contributed by atoms with Gasteiger partial charge in [-0.2, -0.15) is 11.8 Å². The summed E-state index contributed by atoms with van der Waals surface area (Å²) in [6.07, 6.45) is 4.86. The van der Waals surface area contributed by atoms with E-state index in [0.717, 1.165) is 31.6 Å². The van der Waals surface area contributed by atoms with E-state index in [4.69, 9.17) is 4.99 Å². The second-order valence-corrected chi connectivity index (χ2v) is 7.80. The Morgan fingerprint density at radius 2 is 2.00 bits per heavy atom. The van der Waals surface area contributed by atoms with Crippen LogP contribution in [0.4, 0.5) is 0 Å². The molecule has 1 rings (SSSR count). The van der Waals surface area contributed by atoms with Gasteiger partial charge in [0.1, 0.15) is 0 Å². The molecule has 0 aromatic carbocycles. The van der Waals surface area contributed by atoms with Gasteiger partial charge in [-0.3, -0.25) is 9.89 Å². The van der Waals surface area contributed by atoms with Crippen molar-refractivity contribution in [3.63, 3.8) is 0 Å². The van der Waals surface area contributed by atoms with Crippen molar-refractivity contribution in [2.75, 3.05) is 32.9 Å². The minimum atomic E-state index is 0. The average Bonchev–Trinajstić information content (AvgIpc) is 3.25. The van der Waals surface area contributed by atoms with Crippen LogP contribution >= 0.6 is 35.7 Å². The first-order valence-electron chi connectivity index (χ1n) is 7.69. The number of hydrogen-bond donors (Lipinski definition) is 2. The van der Waals surface area contributed by atoms with Crippen molar-refractivity contribution >= 4 is 41.7 Å². The lowest BCUT2D eigenvalue weighted by Gasteiger charge is -2.26. The highest BCUT2D eigenvalue weighted by Crippen LogP contribution is 2.26. The fourth-order valence-corrected chi connectivity index (χ4v) is 2.10. The van der Waals surface area contributed by atoms with Crippen molar-refractivity contribution in [3.8, 4) is 0 Å². The lowest BCUT2D eigenvalue weighted by atomic mass is 10.2. The van der Waals surface area contributed by atoms with Gasteiger partial charge >= 0.3 is 0 Å². The normalized spacial score (nSPS) is 17.4. The maximum absolute atomic E-state index is 4.70. The van der Waals surface area contributed by atoms with Gasteiger partial charge < -0.3 is 10.6 Å². The first-order valence-corrected chi connectivity index (χ1v) is 8.91. The van der Waals surface area contributed by atoms with Crippen LogP contribution in [0.3, 0.4) is 0 Å². The molecule has 0 radical (unpaired) electrons. The highest BCUT2D eigenvalue weighted by molar-refractivity contribution is 14.0. The van der Waals surface area contributed by atoms with E-state index >= 15 is 0 Å². The molecule has 0 spiro atoms. The molecule has 1 saturated carbocycles. The second kappa shape index (κ2) is 10.2.